The first-order valence-corrected chi connectivity index (χ1v) is 4.03. The lowest BCUT2D eigenvalue weighted by Gasteiger charge is -2.11. The van der Waals surface area contributed by atoms with E-state index in [1.54, 1.807) is 38.4 Å². The summed E-state index contributed by atoms with van der Waals surface area (Å²) in [7, 11) is 1.57. The van der Waals surface area contributed by atoms with Gasteiger partial charge < -0.3 is 10.1 Å². The maximum atomic E-state index is 11.1. The molecule has 1 heterocycles. The van der Waals surface area contributed by atoms with E-state index in [0.29, 0.717) is 5.88 Å². The van der Waals surface area contributed by atoms with Gasteiger partial charge in [0, 0.05) is 19.3 Å². The van der Waals surface area contributed by atoms with Crippen molar-refractivity contribution in [2.45, 2.75) is 13.0 Å². The van der Waals surface area contributed by atoms with Gasteiger partial charge in [-0.1, -0.05) is 6.07 Å². The van der Waals surface area contributed by atoms with E-state index < -0.39 is 6.10 Å². The molecule has 1 atom stereocenters. The molecule has 0 bridgehead atoms. The number of nitrogens with one attached hydrogen (secondary N) is 1. The maximum absolute atomic E-state index is 11.1. The van der Waals surface area contributed by atoms with Gasteiger partial charge in [0.05, 0.1) is 0 Å². The van der Waals surface area contributed by atoms with E-state index in [-0.39, 0.29) is 5.91 Å². The first-order valence-electron chi connectivity index (χ1n) is 4.03. The van der Waals surface area contributed by atoms with Gasteiger partial charge in [0.25, 0.3) is 5.91 Å². The van der Waals surface area contributed by atoms with Gasteiger partial charge in [0.15, 0.2) is 6.10 Å². The van der Waals surface area contributed by atoms with E-state index in [1.807, 2.05) is 0 Å². The normalized spacial score (nSPS) is 11.8. The van der Waals surface area contributed by atoms with Crippen LogP contribution in [0.15, 0.2) is 24.4 Å². The molecule has 1 unspecified atom stereocenters. The summed E-state index contributed by atoms with van der Waals surface area (Å²) in [5.41, 5.74) is 0. The van der Waals surface area contributed by atoms with Crippen LogP contribution in [0, 0.1) is 0 Å². The number of pyridine rings is 1. The Kier molecular flexibility index (Phi) is 3.25. The standard InChI is InChI=1S/C9H12N2O2/c1-7(9(12)10-2)13-8-5-3-4-6-11-8/h3-7H,1-2H3,(H,10,12). The van der Waals surface area contributed by atoms with Crippen LogP contribution in [0.25, 0.3) is 0 Å². The molecule has 4 nitrogen and oxygen atoms in total. The fourth-order valence-corrected chi connectivity index (χ4v) is 0.855. The topological polar surface area (TPSA) is 51.2 Å². The number of aromatic nitrogens is 1. The van der Waals surface area contributed by atoms with Crippen LogP contribution in [0.3, 0.4) is 0 Å². The summed E-state index contributed by atoms with van der Waals surface area (Å²) in [6.45, 7) is 1.67. The highest BCUT2D eigenvalue weighted by atomic mass is 16.5. The zero-order valence-electron chi connectivity index (χ0n) is 7.65. The van der Waals surface area contributed by atoms with Crippen LogP contribution >= 0.6 is 0 Å². The molecule has 4 heteroatoms. The quantitative estimate of drug-likeness (QED) is 0.740. The van der Waals surface area contributed by atoms with Crippen LogP contribution in [-0.2, 0) is 4.79 Å². The van der Waals surface area contributed by atoms with E-state index in [1.165, 1.54) is 0 Å². The van der Waals surface area contributed by atoms with Crippen molar-refractivity contribution in [3.8, 4) is 5.88 Å². The Morgan fingerprint density at radius 3 is 2.92 bits per heavy atom. The smallest absolute Gasteiger partial charge is 0.260 e. The second-order valence-corrected chi connectivity index (χ2v) is 2.54. The van der Waals surface area contributed by atoms with Crippen LogP contribution in [0.1, 0.15) is 6.92 Å². The van der Waals surface area contributed by atoms with Gasteiger partial charge in [-0.15, -0.1) is 0 Å². The molecule has 0 saturated heterocycles. The number of carbonyl (C=O) groups excluding carboxylic acids is 1. The maximum Gasteiger partial charge on any atom is 0.260 e. The summed E-state index contributed by atoms with van der Waals surface area (Å²) >= 11 is 0. The Bertz CT molecular complexity index is 274. The number of amides is 1. The summed E-state index contributed by atoms with van der Waals surface area (Å²) in [5.74, 6) is 0.296. The Hall–Kier alpha value is -1.58. The number of likely N-dealkylation sites (N-methyl/N-ethyl adjacent to an activating group) is 1. The highest BCUT2D eigenvalue weighted by Gasteiger charge is 2.12. The van der Waals surface area contributed by atoms with Crippen molar-refractivity contribution in [3.05, 3.63) is 24.4 Å². The average molecular weight is 180 g/mol. The van der Waals surface area contributed by atoms with Crippen molar-refractivity contribution in [1.29, 1.82) is 0 Å². The third-order valence-corrected chi connectivity index (χ3v) is 1.55. The Morgan fingerprint density at radius 2 is 2.38 bits per heavy atom. The third-order valence-electron chi connectivity index (χ3n) is 1.55. The first kappa shape index (κ1) is 9.51. The molecular weight excluding hydrogens is 168 g/mol. The van der Waals surface area contributed by atoms with Gasteiger partial charge in [-0.2, -0.15) is 0 Å². The molecule has 0 spiro atoms. The summed E-state index contributed by atoms with van der Waals surface area (Å²) in [5, 5.41) is 2.49. The van der Waals surface area contributed by atoms with Crippen LogP contribution in [0.2, 0.25) is 0 Å². The van der Waals surface area contributed by atoms with Crippen LogP contribution in [0.5, 0.6) is 5.88 Å². The molecule has 0 aliphatic rings. The van der Waals surface area contributed by atoms with Crippen molar-refractivity contribution in [2.75, 3.05) is 7.05 Å². The second-order valence-electron chi connectivity index (χ2n) is 2.54. The van der Waals surface area contributed by atoms with Crippen LogP contribution in [-0.4, -0.2) is 24.0 Å². The van der Waals surface area contributed by atoms with E-state index in [2.05, 4.69) is 10.3 Å². The molecule has 0 aliphatic heterocycles. The fourth-order valence-electron chi connectivity index (χ4n) is 0.855. The lowest BCUT2D eigenvalue weighted by Crippen LogP contribution is -2.33. The van der Waals surface area contributed by atoms with Crippen molar-refractivity contribution in [2.24, 2.45) is 0 Å². The van der Waals surface area contributed by atoms with Gasteiger partial charge in [-0.3, -0.25) is 4.79 Å². The SMILES string of the molecule is CNC(=O)C(C)Oc1ccccn1. The van der Waals surface area contributed by atoms with Gasteiger partial charge in [0.1, 0.15) is 0 Å². The monoisotopic (exact) mass is 180 g/mol. The van der Waals surface area contributed by atoms with E-state index >= 15 is 0 Å². The van der Waals surface area contributed by atoms with Gasteiger partial charge in [-0.25, -0.2) is 4.98 Å². The molecule has 13 heavy (non-hydrogen) atoms. The van der Waals surface area contributed by atoms with Crippen molar-refractivity contribution in [3.63, 3.8) is 0 Å². The number of hydrogen-bond acceptors (Lipinski definition) is 3. The predicted octanol–water partition coefficient (Wildman–Crippen LogP) is 0.595. The van der Waals surface area contributed by atoms with Crippen LogP contribution < -0.4 is 10.1 Å². The van der Waals surface area contributed by atoms with Gasteiger partial charge in [0.2, 0.25) is 5.88 Å². The zero-order valence-corrected chi connectivity index (χ0v) is 7.65. The second kappa shape index (κ2) is 4.45. The Balaban J connectivity index is 2.55. The minimum absolute atomic E-state index is 0.161. The molecule has 0 aromatic carbocycles. The lowest BCUT2D eigenvalue weighted by atomic mass is 10.4. The first-order chi connectivity index (χ1) is 6.24. The largest absolute Gasteiger partial charge is 0.465 e. The zero-order chi connectivity index (χ0) is 9.68. The van der Waals surface area contributed by atoms with Gasteiger partial charge >= 0.3 is 0 Å². The molecule has 0 radical (unpaired) electrons. The number of carbonyl (C=O) groups is 1. The van der Waals surface area contributed by atoms with Crippen molar-refractivity contribution < 1.29 is 9.53 Å². The molecule has 0 aliphatic carbocycles. The third kappa shape index (κ3) is 2.74. The highest BCUT2D eigenvalue weighted by Crippen LogP contribution is 2.05. The van der Waals surface area contributed by atoms with Crippen molar-refractivity contribution >= 4 is 5.91 Å². The summed E-state index contributed by atoms with van der Waals surface area (Å²) < 4.78 is 5.24. The minimum Gasteiger partial charge on any atom is -0.465 e. The molecule has 70 valence electrons. The van der Waals surface area contributed by atoms with E-state index in [9.17, 15) is 4.79 Å². The molecule has 1 N–H and O–H groups in total. The Morgan fingerprint density at radius 1 is 1.62 bits per heavy atom. The highest BCUT2D eigenvalue weighted by molar-refractivity contribution is 5.80. The molecule has 0 saturated carbocycles. The van der Waals surface area contributed by atoms with E-state index in [4.69, 9.17) is 4.74 Å². The fraction of sp³-hybridized carbons (Fsp3) is 0.333. The minimum atomic E-state index is -0.514. The summed E-state index contributed by atoms with van der Waals surface area (Å²) in [6, 6.07) is 5.30. The molecule has 0 fully saturated rings. The van der Waals surface area contributed by atoms with Gasteiger partial charge in [-0.05, 0) is 13.0 Å². The van der Waals surface area contributed by atoms with Crippen LogP contribution in [0.4, 0.5) is 0 Å². The number of nitrogens with zero attached hydrogens (tertiary/aromatic N) is 1. The molecule has 1 aromatic heterocycles. The number of rotatable bonds is 3. The average Bonchev–Trinajstić information content (AvgIpc) is 2.18. The molecule has 1 amide bonds. The summed E-state index contributed by atoms with van der Waals surface area (Å²) in [4.78, 5) is 15.0. The lowest BCUT2D eigenvalue weighted by molar-refractivity contribution is -0.126. The Labute approximate surface area is 76.9 Å². The predicted molar refractivity (Wildman–Crippen MR) is 48.4 cm³/mol. The summed E-state index contributed by atoms with van der Waals surface area (Å²) in [6.07, 6.45) is 1.10. The van der Waals surface area contributed by atoms with Crippen molar-refractivity contribution in [1.82, 2.24) is 10.3 Å². The van der Waals surface area contributed by atoms with E-state index in [0.717, 1.165) is 0 Å². The molecule has 1 aromatic rings. The molecule has 1 rings (SSSR count). The number of hydrogen-bond donors (Lipinski definition) is 1. The molecular formula is C9H12N2O2. The number of ether oxygens (including phenoxy) is 1.